The number of hydrogen-bond acceptors (Lipinski definition) is 4. The number of carboxylic acid groups (broad SMARTS) is 1. The van der Waals surface area contributed by atoms with Gasteiger partial charge in [0.05, 0.1) is 12.5 Å². The number of aliphatic hydroxyl groups is 1. The van der Waals surface area contributed by atoms with E-state index in [0.717, 1.165) is 11.8 Å². The highest BCUT2D eigenvalue weighted by molar-refractivity contribution is 7.99. The summed E-state index contributed by atoms with van der Waals surface area (Å²) in [7, 11) is 0. The first-order valence-electron chi connectivity index (χ1n) is 9.71. The number of piperidine rings is 1. The molecule has 0 bridgehead atoms. The third-order valence-electron chi connectivity index (χ3n) is 4.80. The number of benzene rings is 1. The Hall–Kier alpha value is -1.93. The van der Waals surface area contributed by atoms with E-state index in [1.165, 1.54) is 42.1 Å². The van der Waals surface area contributed by atoms with Crippen molar-refractivity contribution in [3.8, 4) is 0 Å². The summed E-state index contributed by atoms with van der Waals surface area (Å²) in [5.41, 5.74) is -0.257. The largest absolute Gasteiger partial charge is 0.481 e. The fourth-order valence-electron chi connectivity index (χ4n) is 3.22. The molecular weight excluding hydrogens is 400 g/mol. The van der Waals surface area contributed by atoms with Gasteiger partial charge < -0.3 is 15.1 Å². The molecule has 0 saturated carbocycles. The van der Waals surface area contributed by atoms with Crippen molar-refractivity contribution in [3.05, 3.63) is 48.0 Å². The molecule has 0 aliphatic carbocycles. The van der Waals surface area contributed by atoms with Crippen LogP contribution in [0, 0.1) is 0 Å². The molecule has 0 unspecified atom stereocenters. The van der Waals surface area contributed by atoms with Gasteiger partial charge in [0.25, 0.3) is 0 Å². The van der Waals surface area contributed by atoms with Crippen LogP contribution in [0.3, 0.4) is 0 Å². The fraction of sp³-hybridized carbons (Fsp3) is 0.524. The number of carbonyl (C=O) groups excluding carboxylic acids is 1. The maximum atomic E-state index is 14.4. The molecule has 0 spiro atoms. The molecule has 5 nitrogen and oxygen atoms in total. The van der Waals surface area contributed by atoms with Gasteiger partial charge in [0, 0.05) is 24.3 Å². The second-order valence-electron chi connectivity index (χ2n) is 6.98. The molecule has 2 atom stereocenters. The van der Waals surface area contributed by atoms with E-state index in [9.17, 15) is 23.5 Å². The minimum Gasteiger partial charge on any atom is -0.481 e. The first-order chi connectivity index (χ1) is 13.8. The van der Waals surface area contributed by atoms with Crippen LogP contribution in [-0.2, 0) is 15.5 Å². The summed E-state index contributed by atoms with van der Waals surface area (Å²) in [5.74, 6) is -3.03. The third kappa shape index (κ3) is 7.12. The van der Waals surface area contributed by atoms with E-state index in [2.05, 4.69) is 0 Å². The molecule has 1 heterocycles. The third-order valence-corrected chi connectivity index (χ3v) is 5.88. The lowest BCUT2D eigenvalue weighted by molar-refractivity contribution is -0.136. The number of halogens is 2. The zero-order valence-corrected chi connectivity index (χ0v) is 17.0. The number of thioether (sulfide) groups is 1. The van der Waals surface area contributed by atoms with Crippen LogP contribution in [0.2, 0.25) is 0 Å². The molecule has 1 amide bonds. The molecule has 1 fully saturated rings. The summed E-state index contributed by atoms with van der Waals surface area (Å²) in [6.45, 7) is 0.485. The van der Waals surface area contributed by atoms with Crippen molar-refractivity contribution >= 4 is 23.6 Å². The standard InChI is InChI=1S/C21H27F2NO4S/c22-21(23,16-6-2-1-3-7-16)18(25)11-10-17-8-4-9-19(26)24(17)13-5-14-29-15-12-20(27)28/h1-3,6-7,10-11,17-18,25H,4-5,8-9,12-15H2,(H,27,28)/t17-,18-/m1/s1. The van der Waals surface area contributed by atoms with Gasteiger partial charge in [0.2, 0.25) is 5.91 Å². The van der Waals surface area contributed by atoms with Crippen LogP contribution in [0.4, 0.5) is 8.78 Å². The first-order valence-corrected chi connectivity index (χ1v) is 10.9. The van der Waals surface area contributed by atoms with E-state index in [1.54, 1.807) is 11.0 Å². The lowest BCUT2D eigenvalue weighted by Gasteiger charge is -2.34. The number of amides is 1. The molecule has 2 N–H and O–H groups in total. The quantitative estimate of drug-likeness (QED) is 0.416. The van der Waals surface area contributed by atoms with E-state index in [0.29, 0.717) is 38.0 Å². The predicted octanol–water partition coefficient (Wildman–Crippen LogP) is 3.67. The topological polar surface area (TPSA) is 77.8 Å². The number of aliphatic hydroxyl groups excluding tert-OH is 1. The van der Waals surface area contributed by atoms with Gasteiger partial charge in [-0.25, -0.2) is 0 Å². The lowest BCUT2D eigenvalue weighted by Crippen LogP contribution is -2.43. The van der Waals surface area contributed by atoms with E-state index in [1.807, 2.05) is 0 Å². The summed E-state index contributed by atoms with van der Waals surface area (Å²) in [4.78, 5) is 24.5. The van der Waals surface area contributed by atoms with Crippen LogP contribution in [-0.4, -0.2) is 57.2 Å². The van der Waals surface area contributed by atoms with Crippen LogP contribution >= 0.6 is 11.8 Å². The number of alkyl halides is 2. The van der Waals surface area contributed by atoms with Crippen LogP contribution in [0.5, 0.6) is 0 Å². The van der Waals surface area contributed by atoms with Gasteiger partial charge in [-0.15, -0.1) is 0 Å². The molecular formula is C21H27F2NO4S. The molecule has 1 aliphatic heterocycles. The molecule has 1 aromatic carbocycles. The summed E-state index contributed by atoms with van der Waals surface area (Å²) >= 11 is 1.52. The molecule has 2 rings (SSSR count). The minimum absolute atomic E-state index is 0.0225. The Kier molecular flexibility index (Phi) is 9.10. The molecule has 1 aromatic rings. The Labute approximate surface area is 173 Å². The van der Waals surface area contributed by atoms with Crippen molar-refractivity contribution in [2.24, 2.45) is 0 Å². The van der Waals surface area contributed by atoms with Crippen molar-refractivity contribution < 1.29 is 28.6 Å². The Bertz CT molecular complexity index is 699. The number of likely N-dealkylation sites (tertiary alicyclic amines) is 1. The zero-order chi connectivity index (χ0) is 21.3. The van der Waals surface area contributed by atoms with Crippen LogP contribution in [0.15, 0.2) is 42.5 Å². The Morgan fingerprint density at radius 3 is 2.72 bits per heavy atom. The normalized spacial score (nSPS) is 18.9. The maximum Gasteiger partial charge on any atom is 0.304 e. The van der Waals surface area contributed by atoms with Gasteiger partial charge >= 0.3 is 11.9 Å². The van der Waals surface area contributed by atoms with Gasteiger partial charge in [-0.3, -0.25) is 9.59 Å². The second kappa shape index (κ2) is 11.3. The minimum atomic E-state index is -3.41. The summed E-state index contributed by atoms with van der Waals surface area (Å²) in [6.07, 6.45) is 3.20. The highest BCUT2D eigenvalue weighted by Gasteiger charge is 2.39. The number of aliphatic carboxylic acids is 1. The number of rotatable bonds is 11. The lowest BCUT2D eigenvalue weighted by atomic mass is 9.98. The van der Waals surface area contributed by atoms with Crippen molar-refractivity contribution in [2.75, 3.05) is 18.1 Å². The van der Waals surface area contributed by atoms with Crippen molar-refractivity contribution in [1.29, 1.82) is 0 Å². The molecule has 8 heteroatoms. The van der Waals surface area contributed by atoms with Gasteiger partial charge in [-0.1, -0.05) is 42.5 Å². The van der Waals surface area contributed by atoms with E-state index in [-0.39, 0.29) is 23.9 Å². The molecule has 1 aliphatic rings. The summed E-state index contributed by atoms with van der Waals surface area (Å²) < 4.78 is 28.9. The molecule has 160 valence electrons. The number of carboxylic acids is 1. The van der Waals surface area contributed by atoms with Gasteiger partial charge in [-0.05, 0) is 25.0 Å². The van der Waals surface area contributed by atoms with Crippen LogP contribution in [0.25, 0.3) is 0 Å². The van der Waals surface area contributed by atoms with Crippen LogP contribution < -0.4 is 0 Å². The van der Waals surface area contributed by atoms with E-state index in [4.69, 9.17) is 5.11 Å². The average Bonchev–Trinajstić information content (AvgIpc) is 2.70. The van der Waals surface area contributed by atoms with Crippen LogP contribution in [0.1, 0.15) is 37.7 Å². The fourth-order valence-corrected chi connectivity index (χ4v) is 4.08. The van der Waals surface area contributed by atoms with E-state index < -0.39 is 18.0 Å². The number of carbonyl (C=O) groups is 2. The molecule has 0 radical (unpaired) electrons. The number of hydrogen-bond donors (Lipinski definition) is 2. The van der Waals surface area contributed by atoms with Gasteiger partial charge in [0.15, 0.2) is 0 Å². The Morgan fingerprint density at radius 1 is 1.31 bits per heavy atom. The van der Waals surface area contributed by atoms with Gasteiger partial charge in [0.1, 0.15) is 6.10 Å². The zero-order valence-electron chi connectivity index (χ0n) is 16.2. The Balaban J connectivity index is 1.92. The highest BCUT2D eigenvalue weighted by Crippen LogP contribution is 2.32. The van der Waals surface area contributed by atoms with E-state index >= 15 is 0 Å². The van der Waals surface area contributed by atoms with Crippen molar-refractivity contribution in [2.45, 2.75) is 50.2 Å². The smallest absolute Gasteiger partial charge is 0.304 e. The summed E-state index contributed by atoms with van der Waals surface area (Å²) in [5, 5.41) is 18.7. The Morgan fingerprint density at radius 2 is 2.03 bits per heavy atom. The predicted molar refractivity (Wildman–Crippen MR) is 109 cm³/mol. The molecule has 29 heavy (non-hydrogen) atoms. The van der Waals surface area contributed by atoms with Gasteiger partial charge in [-0.2, -0.15) is 20.5 Å². The first kappa shape index (κ1) is 23.3. The van der Waals surface area contributed by atoms with Crippen molar-refractivity contribution in [3.63, 3.8) is 0 Å². The summed E-state index contributed by atoms with van der Waals surface area (Å²) in [6, 6.07) is 6.85. The average molecular weight is 428 g/mol. The van der Waals surface area contributed by atoms with Crippen molar-refractivity contribution in [1.82, 2.24) is 4.90 Å². The monoisotopic (exact) mass is 427 g/mol. The number of nitrogens with zero attached hydrogens (tertiary/aromatic N) is 1. The second-order valence-corrected chi connectivity index (χ2v) is 8.20. The maximum absolute atomic E-state index is 14.4. The molecule has 1 saturated heterocycles. The highest BCUT2D eigenvalue weighted by atomic mass is 32.2. The molecule has 0 aromatic heterocycles. The SMILES string of the molecule is O=C(O)CCSCCCN1C(=O)CCC[C@@H]1C=C[C@@H](O)C(F)(F)c1ccccc1.